The summed E-state index contributed by atoms with van der Waals surface area (Å²) in [5, 5.41) is 2.30. The molecule has 1 amide bonds. The lowest BCUT2D eigenvalue weighted by atomic mass is 10.2. The zero-order valence-corrected chi connectivity index (χ0v) is 12.0. The van der Waals surface area contributed by atoms with Crippen molar-refractivity contribution in [2.24, 2.45) is 0 Å². The molecular weight excluding hydrogens is 309 g/mol. The van der Waals surface area contributed by atoms with Gasteiger partial charge in [-0.05, 0) is 30.7 Å². The second-order valence-corrected chi connectivity index (χ2v) is 6.19. The van der Waals surface area contributed by atoms with Crippen LogP contribution in [0, 0.1) is 0 Å². The van der Waals surface area contributed by atoms with Gasteiger partial charge in [-0.25, -0.2) is 13.1 Å². The fourth-order valence-electron chi connectivity index (χ4n) is 1.46. The second-order valence-electron chi connectivity index (χ2n) is 4.26. The number of benzene rings is 1. The van der Waals surface area contributed by atoms with Gasteiger partial charge in [-0.3, -0.25) is 4.79 Å². The third-order valence-electron chi connectivity index (χ3n) is 2.42. The van der Waals surface area contributed by atoms with Gasteiger partial charge in [0, 0.05) is 5.69 Å². The largest absolute Gasteiger partial charge is 0.416 e. The van der Waals surface area contributed by atoms with E-state index in [2.05, 4.69) is 10.0 Å². The van der Waals surface area contributed by atoms with Gasteiger partial charge in [0.1, 0.15) is 0 Å². The maximum atomic E-state index is 12.3. The van der Waals surface area contributed by atoms with Crippen LogP contribution in [0.2, 0.25) is 0 Å². The van der Waals surface area contributed by atoms with Crippen molar-refractivity contribution in [3.63, 3.8) is 0 Å². The molecule has 0 radical (unpaired) electrons. The van der Waals surface area contributed by atoms with Crippen molar-refractivity contribution in [1.29, 1.82) is 0 Å². The second kappa shape index (κ2) is 6.90. The van der Waals surface area contributed by atoms with Crippen LogP contribution in [0.1, 0.15) is 18.9 Å². The lowest BCUT2D eigenvalue weighted by Crippen LogP contribution is -2.34. The van der Waals surface area contributed by atoms with Gasteiger partial charge in [0.05, 0.1) is 17.9 Å². The number of nitrogens with one attached hydrogen (secondary N) is 2. The third-order valence-corrected chi connectivity index (χ3v) is 3.95. The van der Waals surface area contributed by atoms with Gasteiger partial charge < -0.3 is 5.32 Å². The Morgan fingerprint density at radius 1 is 1.19 bits per heavy atom. The number of hydrogen-bond acceptors (Lipinski definition) is 3. The Morgan fingerprint density at radius 3 is 2.24 bits per heavy atom. The first-order valence-electron chi connectivity index (χ1n) is 6.08. The predicted molar refractivity (Wildman–Crippen MR) is 72.2 cm³/mol. The molecule has 0 bridgehead atoms. The molecule has 21 heavy (non-hydrogen) atoms. The maximum Gasteiger partial charge on any atom is 0.416 e. The molecule has 2 N–H and O–H groups in total. The number of anilines is 1. The predicted octanol–water partition coefficient (Wildman–Crippen LogP) is 1.97. The zero-order valence-electron chi connectivity index (χ0n) is 11.2. The van der Waals surface area contributed by atoms with Gasteiger partial charge in [-0.2, -0.15) is 13.2 Å². The average molecular weight is 324 g/mol. The Kier molecular flexibility index (Phi) is 5.73. The fourth-order valence-corrected chi connectivity index (χ4v) is 2.50. The van der Waals surface area contributed by atoms with Crippen LogP contribution in [0.3, 0.4) is 0 Å². The minimum absolute atomic E-state index is 0.0967. The number of sulfonamides is 1. The molecule has 5 nitrogen and oxygen atoms in total. The number of halogens is 3. The summed E-state index contributed by atoms with van der Waals surface area (Å²) < 4.78 is 61.8. The monoisotopic (exact) mass is 324 g/mol. The van der Waals surface area contributed by atoms with Crippen LogP contribution in [-0.4, -0.2) is 26.6 Å². The van der Waals surface area contributed by atoms with Crippen LogP contribution in [0.25, 0.3) is 0 Å². The van der Waals surface area contributed by atoms with Crippen LogP contribution < -0.4 is 10.0 Å². The molecule has 9 heteroatoms. The molecule has 1 aromatic carbocycles. The molecule has 0 atom stereocenters. The third kappa shape index (κ3) is 6.13. The van der Waals surface area contributed by atoms with E-state index < -0.39 is 34.2 Å². The normalized spacial score (nSPS) is 12.2. The molecule has 0 fully saturated rings. The smallest absolute Gasteiger partial charge is 0.325 e. The fraction of sp³-hybridized carbons (Fsp3) is 0.417. The molecule has 1 aromatic rings. The Labute approximate surface area is 120 Å². The highest BCUT2D eigenvalue weighted by Gasteiger charge is 2.29. The van der Waals surface area contributed by atoms with E-state index in [4.69, 9.17) is 0 Å². The number of amides is 1. The Balaban J connectivity index is 2.56. The molecule has 1 rings (SSSR count). The van der Waals surface area contributed by atoms with Crippen molar-refractivity contribution < 1.29 is 26.4 Å². The van der Waals surface area contributed by atoms with Crippen LogP contribution in [0.15, 0.2) is 24.3 Å². The molecule has 0 aromatic heterocycles. The van der Waals surface area contributed by atoms with Gasteiger partial charge in [-0.15, -0.1) is 0 Å². The topological polar surface area (TPSA) is 75.3 Å². The van der Waals surface area contributed by atoms with Gasteiger partial charge in [0.25, 0.3) is 0 Å². The summed E-state index contributed by atoms with van der Waals surface area (Å²) in [5.41, 5.74) is -0.674. The molecule has 0 heterocycles. The molecular formula is C12H15F3N2O3S. The Morgan fingerprint density at radius 2 is 1.76 bits per heavy atom. The lowest BCUT2D eigenvalue weighted by molar-refractivity contribution is -0.137. The molecule has 0 unspecified atom stereocenters. The van der Waals surface area contributed by atoms with Crippen molar-refractivity contribution in [2.45, 2.75) is 19.5 Å². The summed E-state index contributed by atoms with van der Waals surface area (Å²) in [6.45, 7) is 1.21. The van der Waals surface area contributed by atoms with E-state index in [1.807, 2.05) is 0 Å². The Hall–Kier alpha value is -1.61. The molecule has 0 aliphatic carbocycles. The number of alkyl halides is 3. The van der Waals surface area contributed by atoms with Crippen molar-refractivity contribution in [3.05, 3.63) is 29.8 Å². The minimum Gasteiger partial charge on any atom is -0.325 e. The zero-order chi connectivity index (χ0) is 16.1. The summed E-state index contributed by atoms with van der Waals surface area (Å²) in [7, 11) is -3.50. The van der Waals surface area contributed by atoms with E-state index >= 15 is 0 Å². The molecule has 0 aliphatic rings. The summed E-state index contributed by atoms with van der Waals surface area (Å²) in [5.74, 6) is -0.755. The number of carbonyl (C=O) groups is 1. The van der Waals surface area contributed by atoms with Gasteiger partial charge in [-0.1, -0.05) is 6.92 Å². The van der Waals surface area contributed by atoms with Crippen LogP contribution in [0.4, 0.5) is 18.9 Å². The highest BCUT2D eigenvalue weighted by atomic mass is 32.2. The summed E-state index contributed by atoms with van der Waals surface area (Å²) in [6, 6.07) is 3.86. The van der Waals surface area contributed by atoms with E-state index in [0.717, 1.165) is 24.3 Å². The standard InChI is InChI=1S/C12H15F3N2O3S/c1-2-7-21(19,20)16-8-11(18)17-10-5-3-9(4-6-10)12(13,14)15/h3-6,16H,2,7-8H2,1H3,(H,17,18). The maximum absolute atomic E-state index is 12.3. The first kappa shape index (κ1) is 17.4. The summed E-state index contributed by atoms with van der Waals surface area (Å²) >= 11 is 0. The highest BCUT2D eigenvalue weighted by Crippen LogP contribution is 2.29. The molecule has 0 saturated heterocycles. The molecule has 0 saturated carbocycles. The van der Waals surface area contributed by atoms with Crippen LogP contribution in [-0.2, 0) is 21.0 Å². The van der Waals surface area contributed by atoms with Gasteiger partial charge in [0.15, 0.2) is 0 Å². The lowest BCUT2D eigenvalue weighted by Gasteiger charge is -2.09. The SMILES string of the molecule is CCCS(=O)(=O)NCC(=O)Nc1ccc(C(F)(F)F)cc1. The number of rotatable bonds is 6. The van der Waals surface area contributed by atoms with E-state index in [-0.39, 0.29) is 11.4 Å². The highest BCUT2D eigenvalue weighted by molar-refractivity contribution is 7.89. The first-order chi connectivity index (χ1) is 9.64. The summed E-state index contributed by atoms with van der Waals surface area (Å²) in [4.78, 5) is 11.5. The molecule has 0 aliphatic heterocycles. The van der Waals surface area contributed by atoms with Crippen molar-refractivity contribution in [1.82, 2.24) is 4.72 Å². The van der Waals surface area contributed by atoms with Gasteiger partial charge >= 0.3 is 6.18 Å². The number of hydrogen-bond donors (Lipinski definition) is 2. The average Bonchev–Trinajstić information content (AvgIpc) is 2.36. The van der Waals surface area contributed by atoms with Crippen molar-refractivity contribution >= 4 is 21.6 Å². The number of carbonyl (C=O) groups excluding carboxylic acids is 1. The van der Waals surface area contributed by atoms with Gasteiger partial charge in [0.2, 0.25) is 15.9 Å². The minimum atomic E-state index is -4.45. The molecule has 0 spiro atoms. The Bertz CT molecular complexity index is 583. The van der Waals surface area contributed by atoms with E-state index in [0.29, 0.717) is 6.42 Å². The molecule has 118 valence electrons. The van der Waals surface area contributed by atoms with Crippen LogP contribution in [0.5, 0.6) is 0 Å². The van der Waals surface area contributed by atoms with Crippen molar-refractivity contribution in [2.75, 3.05) is 17.6 Å². The van der Waals surface area contributed by atoms with E-state index in [1.165, 1.54) is 0 Å². The van der Waals surface area contributed by atoms with E-state index in [9.17, 15) is 26.4 Å². The summed E-state index contributed by atoms with van der Waals surface area (Å²) in [6.07, 6.45) is -4.03. The van der Waals surface area contributed by atoms with Crippen LogP contribution >= 0.6 is 0 Å². The van der Waals surface area contributed by atoms with Crippen molar-refractivity contribution in [3.8, 4) is 0 Å². The van der Waals surface area contributed by atoms with E-state index in [1.54, 1.807) is 6.92 Å². The quantitative estimate of drug-likeness (QED) is 0.840. The first-order valence-corrected chi connectivity index (χ1v) is 7.74.